The lowest BCUT2D eigenvalue weighted by Crippen LogP contribution is -2.48. The van der Waals surface area contributed by atoms with E-state index in [1.54, 1.807) is 23.1 Å². The molecule has 0 saturated carbocycles. The Morgan fingerprint density at radius 1 is 0.651 bits per heavy atom. The Morgan fingerprint density at radius 2 is 1.06 bits per heavy atom. The third-order valence-corrected chi connectivity index (χ3v) is 11.3. The number of anilines is 8. The molecule has 0 radical (unpaired) electrons. The molecule has 20 heteroatoms. The van der Waals surface area contributed by atoms with E-state index in [4.69, 9.17) is 32.7 Å². The maximum Gasteiger partial charge on any atom is 0.339 e. The van der Waals surface area contributed by atoms with Gasteiger partial charge in [0.1, 0.15) is 39.9 Å². The second-order valence-electron chi connectivity index (χ2n) is 14.1. The first-order valence-electron chi connectivity index (χ1n) is 18.9. The van der Waals surface area contributed by atoms with E-state index in [0.29, 0.717) is 31.6 Å². The first-order valence-corrected chi connectivity index (χ1v) is 19.7. The molecular weight excluding hydrogens is 869 g/mol. The number of ether oxygens (including phenoxy) is 2. The van der Waals surface area contributed by atoms with Gasteiger partial charge in [0, 0.05) is 19.1 Å². The Morgan fingerprint density at radius 3 is 1.52 bits per heavy atom. The molecule has 16 nitrogen and oxygen atoms in total. The number of hydrogen-bond acceptors (Lipinski definition) is 13. The zero-order chi connectivity index (χ0) is 45.3. The molecule has 0 bridgehead atoms. The highest BCUT2D eigenvalue weighted by molar-refractivity contribution is 6.34. The molecule has 324 valence electrons. The van der Waals surface area contributed by atoms with Crippen molar-refractivity contribution in [2.75, 3.05) is 48.6 Å². The SMILES string of the molecule is COc1c(Nc2c(Nc3cccc(F)c3Cl)c(=O)c2=O)cccc1C(=O)N1CCC2C(=O)NCCC21.COc1c(Nc2c(Nc3cccc(F)c3Cl)c(=O)c2=O)cccc1C(=O)O. The normalized spacial score (nSPS) is 15.5. The maximum atomic E-state index is 13.8. The molecule has 8 rings (SSSR count). The number of aromatic carboxylic acids is 1. The van der Waals surface area contributed by atoms with E-state index >= 15 is 0 Å². The Bertz CT molecular complexity index is 2970. The van der Waals surface area contributed by atoms with Gasteiger partial charge in [-0.25, -0.2) is 13.6 Å². The summed E-state index contributed by atoms with van der Waals surface area (Å²) in [5.41, 5.74) is -2.72. The van der Waals surface area contributed by atoms with Crippen LogP contribution in [0.3, 0.4) is 0 Å². The minimum Gasteiger partial charge on any atom is -0.494 e. The van der Waals surface area contributed by atoms with Gasteiger partial charge in [-0.3, -0.25) is 28.8 Å². The molecule has 6 aromatic rings. The summed E-state index contributed by atoms with van der Waals surface area (Å²) in [4.78, 5) is 87.2. The summed E-state index contributed by atoms with van der Waals surface area (Å²) in [7, 11) is 2.67. The zero-order valence-electron chi connectivity index (χ0n) is 33.0. The van der Waals surface area contributed by atoms with Gasteiger partial charge in [0.15, 0.2) is 11.5 Å². The van der Waals surface area contributed by atoms with Gasteiger partial charge in [-0.05, 0) is 61.4 Å². The number of benzene rings is 4. The van der Waals surface area contributed by atoms with Gasteiger partial charge in [0.25, 0.3) is 27.6 Å². The van der Waals surface area contributed by atoms with Crippen LogP contribution in [0, 0.1) is 17.6 Å². The minimum atomic E-state index is -1.22. The number of likely N-dealkylation sites (tertiary alicyclic amines) is 1. The van der Waals surface area contributed by atoms with Crippen molar-refractivity contribution in [3.63, 3.8) is 0 Å². The van der Waals surface area contributed by atoms with Crippen molar-refractivity contribution in [1.82, 2.24) is 10.2 Å². The third kappa shape index (κ3) is 8.25. The number of carbonyl (C=O) groups is 3. The Labute approximate surface area is 364 Å². The van der Waals surface area contributed by atoms with Gasteiger partial charge >= 0.3 is 5.97 Å². The third-order valence-electron chi connectivity index (χ3n) is 10.5. The summed E-state index contributed by atoms with van der Waals surface area (Å²) < 4.78 is 38.0. The molecule has 2 aliphatic heterocycles. The number of methoxy groups -OCH3 is 2. The predicted molar refractivity (Wildman–Crippen MR) is 232 cm³/mol. The summed E-state index contributed by atoms with van der Waals surface area (Å²) in [6.07, 6.45) is 1.26. The molecule has 2 unspecified atom stereocenters. The first kappa shape index (κ1) is 43.8. The van der Waals surface area contributed by atoms with Crippen LogP contribution in [0.1, 0.15) is 33.6 Å². The molecule has 2 heterocycles. The largest absolute Gasteiger partial charge is 0.494 e. The predicted octanol–water partition coefficient (Wildman–Crippen LogP) is 6.19. The van der Waals surface area contributed by atoms with E-state index in [2.05, 4.69) is 26.6 Å². The number of carboxylic acids is 1. The molecule has 6 aromatic carbocycles. The van der Waals surface area contributed by atoms with Crippen LogP contribution >= 0.6 is 23.2 Å². The minimum absolute atomic E-state index is 0.00668. The van der Waals surface area contributed by atoms with Gasteiger partial charge in [-0.1, -0.05) is 47.5 Å². The lowest BCUT2D eigenvalue weighted by atomic mass is 9.93. The van der Waals surface area contributed by atoms with Crippen LogP contribution in [0.4, 0.5) is 54.3 Å². The fourth-order valence-corrected chi connectivity index (χ4v) is 7.79. The average Bonchev–Trinajstić information content (AvgIpc) is 3.73. The summed E-state index contributed by atoms with van der Waals surface area (Å²) in [6.45, 7) is 0.959. The van der Waals surface area contributed by atoms with E-state index < -0.39 is 39.3 Å². The highest BCUT2D eigenvalue weighted by Gasteiger charge is 2.43. The van der Waals surface area contributed by atoms with Gasteiger partial charge in [-0.2, -0.15) is 0 Å². The smallest absolute Gasteiger partial charge is 0.339 e. The topological polar surface area (TPSA) is 222 Å². The van der Waals surface area contributed by atoms with E-state index in [-0.39, 0.29) is 96.3 Å². The molecule has 0 aliphatic carbocycles. The monoisotopic (exact) mass is 902 g/mol. The number of piperidine rings is 1. The Kier molecular flexibility index (Phi) is 12.5. The maximum absolute atomic E-state index is 13.8. The van der Waals surface area contributed by atoms with Crippen molar-refractivity contribution in [1.29, 1.82) is 0 Å². The summed E-state index contributed by atoms with van der Waals surface area (Å²) in [6, 6.07) is 17.0. The number of amides is 2. The number of nitrogens with one attached hydrogen (secondary N) is 5. The number of para-hydroxylation sites is 2. The van der Waals surface area contributed by atoms with Gasteiger partial charge < -0.3 is 46.1 Å². The number of halogens is 4. The van der Waals surface area contributed by atoms with Crippen LogP contribution in [-0.4, -0.2) is 61.1 Å². The van der Waals surface area contributed by atoms with Gasteiger partial charge in [0.2, 0.25) is 5.91 Å². The van der Waals surface area contributed by atoms with Crippen molar-refractivity contribution in [3.8, 4) is 11.5 Å². The average molecular weight is 904 g/mol. The number of rotatable bonds is 12. The van der Waals surface area contributed by atoms with Crippen molar-refractivity contribution in [2.45, 2.75) is 18.9 Å². The van der Waals surface area contributed by atoms with Crippen LogP contribution in [0.25, 0.3) is 0 Å². The van der Waals surface area contributed by atoms with E-state index in [9.17, 15) is 47.4 Å². The van der Waals surface area contributed by atoms with Crippen LogP contribution in [0.15, 0.2) is 92.0 Å². The van der Waals surface area contributed by atoms with Crippen molar-refractivity contribution in [3.05, 3.63) is 146 Å². The van der Waals surface area contributed by atoms with Crippen molar-refractivity contribution in [2.24, 2.45) is 5.92 Å². The van der Waals surface area contributed by atoms with Crippen LogP contribution in [0.2, 0.25) is 10.0 Å². The molecule has 2 aliphatic rings. The summed E-state index contributed by atoms with van der Waals surface area (Å²) in [5.74, 6) is -2.96. The number of fused-ring (bicyclic) bond motifs is 1. The second-order valence-corrected chi connectivity index (χ2v) is 14.9. The second kappa shape index (κ2) is 18.0. The molecule has 0 aromatic heterocycles. The highest BCUT2D eigenvalue weighted by atomic mass is 35.5. The molecule has 2 fully saturated rings. The number of carbonyl (C=O) groups excluding carboxylic acids is 2. The fourth-order valence-electron chi connectivity index (χ4n) is 7.44. The molecular formula is C43H34Cl2F2N6O10. The quantitative estimate of drug-likeness (QED) is 0.0755. The van der Waals surface area contributed by atoms with Gasteiger partial charge in [-0.15, -0.1) is 0 Å². The van der Waals surface area contributed by atoms with E-state index in [1.165, 1.54) is 62.8 Å². The van der Waals surface area contributed by atoms with Crippen molar-refractivity contribution < 1.29 is 37.7 Å². The van der Waals surface area contributed by atoms with E-state index in [0.717, 1.165) is 6.07 Å². The Hall–Kier alpha value is -7.31. The summed E-state index contributed by atoms with van der Waals surface area (Å²) >= 11 is 11.8. The standard InChI is InChI=1S/C25H22ClFN4O5.C18H12ClFN2O5/c1-36-23-13(25(35)31-11-9-12-17(31)8-10-28-24(12)34)4-2-7-16(23)30-20-19(21(32)22(20)33)29-15-6-3-5-14(27)18(15)26;1-27-17-8(18(25)26)4-2-7-11(17)22-14-13(15(23)16(14)24)21-10-6-3-5-9(20)12(10)19/h2-7,12,17,29-30H,8-11H2,1H3,(H,28,34);2-7,21-22H,1H3,(H,25,26). The molecule has 2 atom stereocenters. The molecule has 63 heavy (non-hydrogen) atoms. The molecule has 6 N–H and O–H groups in total. The fraction of sp³-hybridized carbons (Fsp3) is 0.186. The lowest BCUT2D eigenvalue weighted by Gasteiger charge is -2.31. The zero-order valence-corrected chi connectivity index (χ0v) is 34.5. The van der Waals surface area contributed by atoms with Crippen LogP contribution in [-0.2, 0) is 4.79 Å². The number of nitrogens with zero attached hydrogens (tertiary/aromatic N) is 1. The Balaban J connectivity index is 0.000000197. The number of hydrogen-bond donors (Lipinski definition) is 6. The van der Waals surface area contributed by atoms with Crippen molar-refractivity contribution >= 4 is 86.5 Å². The summed E-state index contributed by atoms with van der Waals surface area (Å²) in [5, 5.41) is 22.5. The molecule has 2 amide bonds. The van der Waals surface area contributed by atoms with Gasteiger partial charge in [0.05, 0.1) is 58.5 Å². The molecule has 2 saturated heterocycles. The molecule has 0 spiro atoms. The number of carboxylic acid groups (broad SMARTS) is 1. The first-order chi connectivity index (χ1) is 30.2. The highest BCUT2D eigenvalue weighted by Crippen LogP contribution is 2.38. The van der Waals surface area contributed by atoms with E-state index in [1.807, 2.05) is 0 Å². The van der Waals surface area contributed by atoms with Crippen LogP contribution in [0.5, 0.6) is 11.5 Å². The van der Waals surface area contributed by atoms with Crippen LogP contribution < -0.4 is 57.8 Å². The lowest BCUT2D eigenvalue weighted by molar-refractivity contribution is -0.127.